The van der Waals surface area contributed by atoms with E-state index in [1.165, 1.54) is 25.2 Å². The van der Waals surface area contributed by atoms with E-state index in [1.807, 2.05) is 0 Å². The van der Waals surface area contributed by atoms with Crippen molar-refractivity contribution in [3.8, 4) is 11.3 Å². The zero-order valence-corrected chi connectivity index (χ0v) is 13.9. The van der Waals surface area contributed by atoms with Gasteiger partial charge in [0.1, 0.15) is 5.03 Å². The molecular formula is C17H24N3S+. The van der Waals surface area contributed by atoms with Gasteiger partial charge in [0.05, 0.1) is 25.3 Å². The van der Waals surface area contributed by atoms with Gasteiger partial charge in [0.15, 0.2) is 0 Å². The van der Waals surface area contributed by atoms with Crippen molar-refractivity contribution in [2.45, 2.75) is 25.8 Å². The van der Waals surface area contributed by atoms with Gasteiger partial charge in [-0.2, -0.15) is 0 Å². The summed E-state index contributed by atoms with van der Waals surface area (Å²) in [6, 6.07) is 12.5. The van der Waals surface area contributed by atoms with Crippen LogP contribution in [0.25, 0.3) is 11.3 Å². The molecule has 0 aliphatic heterocycles. The second kappa shape index (κ2) is 8.15. The molecule has 1 aromatic carbocycles. The van der Waals surface area contributed by atoms with Crippen LogP contribution in [0.1, 0.15) is 19.4 Å². The van der Waals surface area contributed by atoms with Gasteiger partial charge >= 0.3 is 0 Å². The van der Waals surface area contributed by atoms with Crippen molar-refractivity contribution in [3.05, 3.63) is 42.0 Å². The summed E-state index contributed by atoms with van der Waals surface area (Å²) in [5, 5.41) is 9.68. The highest BCUT2D eigenvalue weighted by Gasteiger charge is 2.05. The lowest BCUT2D eigenvalue weighted by Gasteiger charge is -2.14. The highest BCUT2D eigenvalue weighted by Crippen LogP contribution is 2.19. The van der Waals surface area contributed by atoms with Crippen LogP contribution in [0.3, 0.4) is 0 Å². The van der Waals surface area contributed by atoms with Gasteiger partial charge < -0.3 is 4.90 Å². The molecule has 0 bridgehead atoms. The molecule has 0 unspecified atom stereocenters. The van der Waals surface area contributed by atoms with Crippen LogP contribution in [0.2, 0.25) is 0 Å². The molecule has 0 fully saturated rings. The predicted octanol–water partition coefficient (Wildman–Crippen LogP) is 2.47. The van der Waals surface area contributed by atoms with Gasteiger partial charge in [-0.05, 0) is 32.9 Å². The van der Waals surface area contributed by atoms with E-state index >= 15 is 0 Å². The lowest BCUT2D eigenvalue weighted by atomic mass is 10.1. The summed E-state index contributed by atoms with van der Waals surface area (Å²) < 4.78 is 0. The Hall–Kier alpha value is -1.39. The minimum absolute atomic E-state index is 0.939. The van der Waals surface area contributed by atoms with Crippen molar-refractivity contribution in [2.75, 3.05) is 25.4 Å². The first-order valence-corrected chi connectivity index (χ1v) is 8.58. The number of thioether (sulfide) groups is 1. The van der Waals surface area contributed by atoms with E-state index in [9.17, 15) is 0 Å². The van der Waals surface area contributed by atoms with E-state index in [1.54, 1.807) is 16.7 Å². The van der Waals surface area contributed by atoms with Crippen LogP contribution < -0.4 is 4.90 Å². The molecule has 4 heteroatoms. The Labute approximate surface area is 131 Å². The number of hydrogen-bond acceptors (Lipinski definition) is 3. The number of rotatable bonds is 7. The third-order valence-corrected chi connectivity index (χ3v) is 4.61. The fourth-order valence-electron chi connectivity index (χ4n) is 2.18. The molecule has 21 heavy (non-hydrogen) atoms. The van der Waals surface area contributed by atoms with Crippen molar-refractivity contribution in [1.82, 2.24) is 10.2 Å². The van der Waals surface area contributed by atoms with Crippen molar-refractivity contribution >= 4 is 11.8 Å². The molecule has 0 radical (unpaired) electrons. The van der Waals surface area contributed by atoms with Gasteiger partial charge in [0.2, 0.25) is 0 Å². The Morgan fingerprint density at radius 3 is 2.24 bits per heavy atom. The molecule has 0 atom stereocenters. The lowest BCUT2D eigenvalue weighted by Crippen LogP contribution is -3.11. The van der Waals surface area contributed by atoms with E-state index < -0.39 is 0 Å². The Kier molecular flexibility index (Phi) is 6.21. The second-order valence-electron chi connectivity index (χ2n) is 5.18. The minimum Gasteiger partial charge on any atom is -0.335 e. The molecular weight excluding hydrogens is 278 g/mol. The summed E-state index contributed by atoms with van der Waals surface area (Å²) in [6.45, 7) is 10.1. The van der Waals surface area contributed by atoms with Crippen molar-refractivity contribution < 1.29 is 4.90 Å². The first-order chi connectivity index (χ1) is 10.2. The molecule has 1 heterocycles. The van der Waals surface area contributed by atoms with Gasteiger partial charge in [-0.15, -0.1) is 10.2 Å². The lowest BCUT2D eigenvalue weighted by molar-refractivity contribution is -0.893. The van der Waals surface area contributed by atoms with Gasteiger partial charge in [0, 0.05) is 11.3 Å². The molecule has 1 aromatic heterocycles. The van der Waals surface area contributed by atoms with E-state index in [0.29, 0.717) is 0 Å². The van der Waals surface area contributed by atoms with Crippen LogP contribution in [-0.4, -0.2) is 35.6 Å². The van der Waals surface area contributed by atoms with E-state index in [0.717, 1.165) is 22.0 Å². The highest BCUT2D eigenvalue weighted by molar-refractivity contribution is 7.99. The van der Waals surface area contributed by atoms with Crippen LogP contribution in [0.4, 0.5) is 0 Å². The summed E-state index contributed by atoms with van der Waals surface area (Å²) in [4.78, 5) is 1.63. The number of aromatic nitrogens is 2. The summed E-state index contributed by atoms with van der Waals surface area (Å²) in [6.07, 6.45) is 0. The molecule has 0 amide bonds. The fraction of sp³-hybridized carbons (Fsp3) is 0.412. The normalized spacial score (nSPS) is 11.0. The molecule has 0 saturated heterocycles. The zero-order chi connectivity index (χ0) is 15.1. The Balaban J connectivity index is 1.91. The zero-order valence-electron chi connectivity index (χ0n) is 13.1. The van der Waals surface area contributed by atoms with Gasteiger partial charge in [-0.3, -0.25) is 0 Å². The molecule has 0 aliphatic carbocycles. The molecule has 0 spiro atoms. The Bertz CT molecular complexity index is 533. The smallest absolute Gasteiger partial charge is 0.119 e. The summed E-state index contributed by atoms with van der Waals surface area (Å²) in [7, 11) is 0. The van der Waals surface area contributed by atoms with Crippen LogP contribution >= 0.6 is 11.8 Å². The second-order valence-corrected chi connectivity index (χ2v) is 6.29. The third kappa shape index (κ3) is 4.83. The summed E-state index contributed by atoms with van der Waals surface area (Å²) >= 11 is 1.79. The number of hydrogen-bond donors (Lipinski definition) is 1. The molecule has 2 rings (SSSR count). The fourth-order valence-corrected chi connectivity index (χ4v) is 3.04. The topological polar surface area (TPSA) is 30.2 Å². The predicted molar refractivity (Wildman–Crippen MR) is 89.8 cm³/mol. The van der Waals surface area contributed by atoms with Crippen molar-refractivity contribution in [3.63, 3.8) is 0 Å². The molecule has 2 aromatic rings. The maximum atomic E-state index is 4.34. The molecule has 0 aliphatic rings. The minimum atomic E-state index is 0.939. The average molecular weight is 302 g/mol. The van der Waals surface area contributed by atoms with Crippen LogP contribution in [0.5, 0.6) is 0 Å². The standard InChI is InChI=1S/C17H23N3S/c1-4-20(5-2)12-13-21-17-11-10-16(18-19-17)15-8-6-14(3)7-9-15/h6-11H,4-5,12-13H2,1-3H3/p+1. The van der Waals surface area contributed by atoms with E-state index in [4.69, 9.17) is 0 Å². The van der Waals surface area contributed by atoms with Gasteiger partial charge in [0.25, 0.3) is 0 Å². The van der Waals surface area contributed by atoms with E-state index in [-0.39, 0.29) is 0 Å². The third-order valence-electron chi connectivity index (χ3n) is 3.69. The molecule has 1 N–H and O–H groups in total. The van der Waals surface area contributed by atoms with Gasteiger partial charge in [-0.1, -0.05) is 41.6 Å². The molecule has 0 saturated carbocycles. The Morgan fingerprint density at radius 1 is 0.952 bits per heavy atom. The quantitative estimate of drug-likeness (QED) is 0.797. The maximum Gasteiger partial charge on any atom is 0.119 e. The van der Waals surface area contributed by atoms with Crippen molar-refractivity contribution in [1.29, 1.82) is 0 Å². The largest absolute Gasteiger partial charge is 0.335 e. The molecule has 3 nitrogen and oxygen atoms in total. The van der Waals surface area contributed by atoms with Crippen LogP contribution in [0, 0.1) is 6.92 Å². The van der Waals surface area contributed by atoms with Gasteiger partial charge in [-0.25, -0.2) is 0 Å². The molecule has 112 valence electrons. The maximum absolute atomic E-state index is 4.34. The first kappa shape index (κ1) is 16.0. The highest BCUT2D eigenvalue weighted by atomic mass is 32.2. The first-order valence-electron chi connectivity index (χ1n) is 7.60. The summed E-state index contributed by atoms with van der Waals surface area (Å²) in [5.41, 5.74) is 3.32. The number of nitrogens with one attached hydrogen (secondary N) is 1. The number of quaternary nitrogens is 1. The number of aryl methyl sites for hydroxylation is 1. The van der Waals surface area contributed by atoms with E-state index in [2.05, 4.69) is 67.4 Å². The summed E-state index contributed by atoms with van der Waals surface area (Å²) in [5.74, 6) is 1.09. The van der Waals surface area contributed by atoms with Crippen LogP contribution in [-0.2, 0) is 0 Å². The SMILES string of the molecule is CC[NH+](CC)CCSc1ccc(-c2ccc(C)cc2)nn1. The van der Waals surface area contributed by atoms with Crippen LogP contribution in [0.15, 0.2) is 41.4 Å². The average Bonchev–Trinajstić information content (AvgIpc) is 2.53. The Morgan fingerprint density at radius 2 is 1.67 bits per heavy atom. The van der Waals surface area contributed by atoms with Crippen molar-refractivity contribution in [2.24, 2.45) is 0 Å². The number of benzene rings is 1. The number of nitrogens with zero attached hydrogens (tertiary/aromatic N) is 2. The monoisotopic (exact) mass is 302 g/mol.